The monoisotopic (exact) mass is 147 g/mol. The lowest BCUT2D eigenvalue weighted by Crippen LogP contribution is -2.28. The lowest BCUT2D eigenvalue weighted by Gasteiger charge is -2.16. The Hall–Kier alpha value is -0.640. The maximum atomic E-state index is 10.1. The lowest BCUT2D eigenvalue weighted by molar-refractivity contribution is -0.521. The van der Waals surface area contributed by atoms with E-state index in [1.165, 1.54) is 6.92 Å². The molecular formula is C6H13NO3. The third-order valence-electron chi connectivity index (χ3n) is 1.15. The highest BCUT2D eigenvalue weighted by atomic mass is 16.6. The van der Waals surface area contributed by atoms with E-state index in [9.17, 15) is 10.1 Å². The number of hydrogen-bond donors (Lipinski definition) is 1. The van der Waals surface area contributed by atoms with Crippen molar-refractivity contribution in [1.29, 1.82) is 0 Å². The standard InChI is InChI=1S/C6H13NO3/c1-5(7(9)10)4-6(2,3)8/h5,8H,4H2,1-3H3. The van der Waals surface area contributed by atoms with Gasteiger partial charge in [0.15, 0.2) is 0 Å². The first kappa shape index (κ1) is 9.36. The van der Waals surface area contributed by atoms with Crippen molar-refractivity contribution in [2.45, 2.75) is 38.8 Å². The largest absolute Gasteiger partial charge is 0.390 e. The number of nitrogens with zero attached hydrogens (tertiary/aromatic N) is 1. The van der Waals surface area contributed by atoms with Gasteiger partial charge in [-0.25, -0.2) is 0 Å². The number of nitro groups is 1. The van der Waals surface area contributed by atoms with E-state index < -0.39 is 16.6 Å². The van der Waals surface area contributed by atoms with Gasteiger partial charge in [0, 0.05) is 18.3 Å². The van der Waals surface area contributed by atoms with Gasteiger partial charge in [0.2, 0.25) is 6.04 Å². The van der Waals surface area contributed by atoms with E-state index in [0.717, 1.165) is 0 Å². The van der Waals surface area contributed by atoms with Gasteiger partial charge >= 0.3 is 0 Å². The molecule has 1 atom stereocenters. The highest BCUT2D eigenvalue weighted by Crippen LogP contribution is 2.11. The Morgan fingerprint density at radius 3 is 2.20 bits per heavy atom. The Morgan fingerprint density at radius 1 is 1.70 bits per heavy atom. The first-order valence-electron chi connectivity index (χ1n) is 3.19. The van der Waals surface area contributed by atoms with Crippen molar-refractivity contribution < 1.29 is 10.0 Å². The second-order valence-electron chi connectivity index (χ2n) is 3.15. The number of rotatable bonds is 3. The van der Waals surface area contributed by atoms with Gasteiger partial charge in [-0.3, -0.25) is 10.1 Å². The normalized spacial score (nSPS) is 14.8. The third kappa shape index (κ3) is 4.26. The molecule has 0 amide bonds. The van der Waals surface area contributed by atoms with Crippen molar-refractivity contribution in [3.8, 4) is 0 Å². The van der Waals surface area contributed by atoms with Gasteiger partial charge in [0.05, 0.1) is 5.60 Å². The summed E-state index contributed by atoms with van der Waals surface area (Å²) >= 11 is 0. The summed E-state index contributed by atoms with van der Waals surface area (Å²) in [6.07, 6.45) is 0.194. The van der Waals surface area contributed by atoms with E-state index in [4.69, 9.17) is 5.11 Å². The molecule has 0 heterocycles. The fourth-order valence-electron chi connectivity index (χ4n) is 0.797. The minimum Gasteiger partial charge on any atom is -0.390 e. The van der Waals surface area contributed by atoms with E-state index in [1.54, 1.807) is 13.8 Å². The molecular weight excluding hydrogens is 134 g/mol. The lowest BCUT2D eigenvalue weighted by atomic mass is 10.0. The molecule has 4 nitrogen and oxygen atoms in total. The molecule has 4 heteroatoms. The van der Waals surface area contributed by atoms with Crippen molar-refractivity contribution in [2.24, 2.45) is 0 Å². The maximum Gasteiger partial charge on any atom is 0.213 e. The molecule has 0 spiro atoms. The Kier molecular flexibility index (Phi) is 2.77. The van der Waals surface area contributed by atoms with Crippen molar-refractivity contribution in [3.05, 3.63) is 10.1 Å². The molecule has 1 N–H and O–H groups in total. The molecule has 0 saturated heterocycles. The molecule has 0 radical (unpaired) electrons. The van der Waals surface area contributed by atoms with E-state index in [-0.39, 0.29) is 6.42 Å². The second kappa shape index (κ2) is 2.96. The quantitative estimate of drug-likeness (QED) is 0.474. The van der Waals surface area contributed by atoms with E-state index >= 15 is 0 Å². The first-order valence-corrected chi connectivity index (χ1v) is 3.19. The van der Waals surface area contributed by atoms with Crippen molar-refractivity contribution in [2.75, 3.05) is 0 Å². The van der Waals surface area contributed by atoms with Crippen LogP contribution >= 0.6 is 0 Å². The Morgan fingerprint density at radius 2 is 2.10 bits per heavy atom. The van der Waals surface area contributed by atoms with E-state index in [0.29, 0.717) is 0 Å². The molecule has 0 aliphatic carbocycles. The topological polar surface area (TPSA) is 63.4 Å². The molecule has 0 rings (SSSR count). The van der Waals surface area contributed by atoms with Gasteiger partial charge in [-0.2, -0.15) is 0 Å². The van der Waals surface area contributed by atoms with Crippen LogP contribution in [-0.4, -0.2) is 21.7 Å². The molecule has 0 aromatic rings. The third-order valence-corrected chi connectivity index (χ3v) is 1.15. The van der Waals surface area contributed by atoms with Gasteiger partial charge in [-0.15, -0.1) is 0 Å². The smallest absolute Gasteiger partial charge is 0.213 e. The van der Waals surface area contributed by atoms with Gasteiger partial charge in [-0.05, 0) is 13.8 Å². The molecule has 60 valence electrons. The predicted octanol–water partition coefficient (Wildman–Crippen LogP) is 0.813. The van der Waals surface area contributed by atoms with Crippen LogP contribution in [0.4, 0.5) is 0 Å². The van der Waals surface area contributed by atoms with Crippen molar-refractivity contribution in [1.82, 2.24) is 0 Å². The highest BCUT2D eigenvalue weighted by Gasteiger charge is 2.23. The SMILES string of the molecule is CC(CC(C)(C)O)[N+](=O)[O-]. The minimum atomic E-state index is -0.938. The second-order valence-corrected chi connectivity index (χ2v) is 3.15. The van der Waals surface area contributed by atoms with Crippen molar-refractivity contribution >= 4 is 0 Å². The molecule has 0 saturated carbocycles. The summed E-state index contributed by atoms with van der Waals surface area (Å²) in [6, 6.07) is -0.667. The molecule has 0 aliphatic heterocycles. The van der Waals surface area contributed by atoms with Crippen LogP contribution in [0.3, 0.4) is 0 Å². The van der Waals surface area contributed by atoms with E-state index in [2.05, 4.69) is 0 Å². The highest BCUT2D eigenvalue weighted by molar-refractivity contribution is 4.68. The minimum absolute atomic E-state index is 0.194. The molecule has 10 heavy (non-hydrogen) atoms. The van der Waals surface area contributed by atoms with Crippen LogP contribution in [-0.2, 0) is 0 Å². The van der Waals surface area contributed by atoms with Crippen LogP contribution in [0, 0.1) is 10.1 Å². The van der Waals surface area contributed by atoms with Gasteiger partial charge in [0.25, 0.3) is 0 Å². The Balaban J connectivity index is 3.80. The Labute approximate surface area is 60.0 Å². The fourth-order valence-corrected chi connectivity index (χ4v) is 0.797. The predicted molar refractivity (Wildman–Crippen MR) is 37.4 cm³/mol. The van der Waals surface area contributed by atoms with Crippen LogP contribution < -0.4 is 0 Å². The van der Waals surface area contributed by atoms with Crippen molar-refractivity contribution in [3.63, 3.8) is 0 Å². The molecule has 0 aliphatic rings. The zero-order valence-corrected chi connectivity index (χ0v) is 6.50. The summed E-state index contributed by atoms with van der Waals surface area (Å²) in [5.41, 5.74) is -0.938. The molecule has 0 fully saturated rings. The zero-order valence-electron chi connectivity index (χ0n) is 6.50. The Bertz CT molecular complexity index is 127. The van der Waals surface area contributed by atoms with Gasteiger partial charge in [-0.1, -0.05) is 0 Å². The average Bonchev–Trinajstić information content (AvgIpc) is 1.60. The number of hydrogen-bond acceptors (Lipinski definition) is 3. The zero-order chi connectivity index (χ0) is 8.36. The average molecular weight is 147 g/mol. The van der Waals surface area contributed by atoms with Crippen LogP contribution in [0.5, 0.6) is 0 Å². The summed E-state index contributed by atoms with van der Waals surface area (Å²) in [7, 11) is 0. The molecule has 1 unspecified atom stereocenters. The number of aliphatic hydroxyl groups is 1. The first-order chi connectivity index (χ1) is 4.33. The molecule has 0 aromatic carbocycles. The fraction of sp³-hybridized carbons (Fsp3) is 1.00. The van der Waals surface area contributed by atoms with Crippen LogP contribution in [0.25, 0.3) is 0 Å². The maximum absolute atomic E-state index is 10.1. The molecule has 0 aromatic heterocycles. The van der Waals surface area contributed by atoms with Crippen LogP contribution in [0.2, 0.25) is 0 Å². The summed E-state index contributed by atoms with van der Waals surface area (Å²) in [6.45, 7) is 4.61. The van der Waals surface area contributed by atoms with Gasteiger partial charge < -0.3 is 5.11 Å². The van der Waals surface area contributed by atoms with E-state index in [1.807, 2.05) is 0 Å². The summed E-state index contributed by atoms with van der Waals surface area (Å²) < 4.78 is 0. The molecule has 0 bridgehead atoms. The van der Waals surface area contributed by atoms with Gasteiger partial charge in [0.1, 0.15) is 0 Å². The van der Waals surface area contributed by atoms with Crippen LogP contribution in [0.15, 0.2) is 0 Å². The van der Waals surface area contributed by atoms with Crippen LogP contribution in [0.1, 0.15) is 27.2 Å². The summed E-state index contributed by atoms with van der Waals surface area (Å²) in [5, 5.41) is 19.2. The summed E-state index contributed by atoms with van der Waals surface area (Å²) in [4.78, 5) is 9.68. The summed E-state index contributed by atoms with van der Waals surface area (Å²) in [5.74, 6) is 0.